The van der Waals surface area contributed by atoms with Crippen molar-refractivity contribution in [2.45, 2.75) is 32.0 Å². The molecule has 3 aromatic rings. The van der Waals surface area contributed by atoms with Crippen molar-refractivity contribution < 1.29 is 31.6 Å². The molecular weight excluding hydrogens is 392 g/mol. The number of carbonyl (C=O) groups excluding carboxylic acids is 1. The Bertz CT molecular complexity index is 984. The highest BCUT2D eigenvalue weighted by Crippen LogP contribution is 2.37. The van der Waals surface area contributed by atoms with Crippen LogP contribution in [0.2, 0.25) is 0 Å². The normalized spacial score (nSPS) is 12.6. The van der Waals surface area contributed by atoms with Gasteiger partial charge in [-0.15, -0.1) is 0 Å². The van der Waals surface area contributed by atoms with Gasteiger partial charge in [-0.25, -0.2) is 4.39 Å². The van der Waals surface area contributed by atoms with Crippen molar-refractivity contribution in [2.24, 2.45) is 0 Å². The van der Waals surface area contributed by atoms with E-state index in [-0.39, 0.29) is 30.1 Å². The van der Waals surface area contributed by atoms with E-state index in [0.29, 0.717) is 11.1 Å². The summed E-state index contributed by atoms with van der Waals surface area (Å²) in [5.41, 5.74) is 0.744. The molecule has 1 heterocycles. The molecule has 0 N–H and O–H groups in total. The maximum atomic E-state index is 13.4. The average Bonchev–Trinajstić information content (AvgIpc) is 3.14. The third kappa shape index (κ3) is 5.18. The summed E-state index contributed by atoms with van der Waals surface area (Å²) in [4.78, 5) is 16.1. The van der Waals surface area contributed by atoms with Gasteiger partial charge in [0.25, 0.3) is 0 Å². The summed E-state index contributed by atoms with van der Waals surface area (Å²) in [5.74, 6) is -1.23. The molecule has 1 aromatic heterocycles. The molecule has 2 aromatic carbocycles. The quantitative estimate of drug-likeness (QED) is 0.426. The second-order valence-corrected chi connectivity index (χ2v) is 6.29. The Labute approximate surface area is 163 Å². The number of nitrogens with zero attached hydrogens (tertiary/aromatic N) is 2. The fraction of sp³-hybridized carbons (Fsp3) is 0.250. The first-order chi connectivity index (χ1) is 13.7. The van der Waals surface area contributed by atoms with Gasteiger partial charge in [0.05, 0.1) is 6.42 Å². The molecule has 0 bridgehead atoms. The summed E-state index contributed by atoms with van der Waals surface area (Å²) in [6, 6.07) is 11.2. The van der Waals surface area contributed by atoms with Crippen LogP contribution in [-0.4, -0.2) is 22.3 Å². The number of rotatable bonds is 6. The van der Waals surface area contributed by atoms with E-state index in [1.54, 1.807) is 6.07 Å². The maximum Gasteiger partial charge on any atom is 0.429 e. The molecule has 0 radical (unpaired) electrons. The number of halogens is 4. The van der Waals surface area contributed by atoms with Gasteiger partial charge in [-0.1, -0.05) is 29.4 Å². The molecule has 0 aliphatic carbocycles. The number of aromatic nitrogens is 2. The average molecular weight is 408 g/mol. The van der Waals surface area contributed by atoms with Gasteiger partial charge < -0.3 is 9.26 Å². The van der Waals surface area contributed by atoms with Gasteiger partial charge in [0.1, 0.15) is 5.82 Å². The fourth-order valence-corrected chi connectivity index (χ4v) is 2.66. The zero-order chi connectivity index (χ0) is 21.0. The molecule has 1 atom stereocenters. The number of aryl methyl sites for hydroxylation is 2. The lowest BCUT2D eigenvalue weighted by Gasteiger charge is -2.22. The van der Waals surface area contributed by atoms with Gasteiger partial charge in [0.15, 0.2) is 0 Å². The highest BCUT2D eigenvalue weighted by molar-refractivity contribution is 5.70. The lowest BCUT2D eigenvalue weighted by atomic mass is 10.0. The van der Waals surface area contributed by atoms with Crippen LogP contribution in [0.15, 0.2) is 53.1 Å². The Kier molecular flexibility index (Phi) is 5.95. The largest absolute Gasteiger partial charge is 0.448 e. The Morgan fingerprint density at radius 2 is 1.83 bits per heavy atom. The predicted octanol–water partition coefficient (Wildman–Crippen LogP) is 4.96. The van der Waals surface area contributed by atoms with Gasteiger partial charge in [0.2, 0.25) is 17.8 Å². The van der Waals surface area contributed by atoms with Crippen LogP contribution in [0.3, 0.4) is 0 Å². The molecule has 3 rings (SSSR count). The Balaban J connectivity index is 1.64. The first-order valence-electron chi connectivity index (χ1n) is 8.64. The van der Waals surface area contributed by atoms with Crippen LogP contribution in [0.25, 0.3) is 11.4 Å². The standard InChI is InChI=1S/C20H16F4N2O3/c1-12-4-2-3-5-15(12)18(20(22,23)24)28-17(27)11-10-16-25-19(26-29-16)13-6-8-14(21)9-7-13/h2-9,18H,10-11H2,1H3/t18-/m0/s1. The number of carbonyl (C=O) groups is 1. The molecule has 152 valence electrons. The highest BCUT2D eigenvalue weighted by Gasteiger charge is 2.44. The minimum absolute atomic E-state index is 0.0562. The lowest BCUT2D eigenvalue weighted by Crippen LogP contribution is -2.27. The molecule has 0 aliphatic rings. The van der Waals surface area contributed by atoms with E-state index in [1.165, 1.54) is 49.4 Å². The van der Waals surface area contributed by atoms with Crippen molar-refractivity contribution in [1.82, 2.24) is 10.1 Å². The van der Waals surface area contributed by atoms with E-state index in [0.717, 1.165) is 0 Å². The predicted molar refractivity (Wildman–Crippen MR) is 94.1 cm³/mol. The minimum atomic E-state index is -4.75. The molecule has 0 unspecified atom stereocenters. The Morgan fingerprint density at radius 3 is 2.48 bits per heavy atom. The number of alkyl halides is 3. The number of ether oxygens (including phenoxy) is 1. The first kappa shape index (κ1) is 20.5. The molecule has 0 aliphatic heterocycles. The third-order valence-electron chi connectivity index (χ3n) is 4.13. The fourth-order valence-electron chi connectivity index (χ4n) is 2.66. The van der Waals surface area contributed by atoms with Crippen molar-refractivity contribution in [1.29, 1.82) is 0 Å². The van der Waals surface area contributed by atoms with E-state index in [1.807, 2.05) is 0 Å². The molecule has 9 heteroatoms. The van der Waals surface area contributed by atoms with Crippen LogP contribution in [0, 0.1) is 12.7 Å². The zero-order valence-electron chi connectivity index (χ0n) is 15.2. The van der Waals surface area contributed by atoms with E-state index in [9.17, 15) is 22.4 Å². The number of hydrogen-bond donors (Lipinski definition) is 0. The van der Waals surface area contributed by atoms with Gasteiger partial charge in [-0.05, 0) is 36.8 Å². The summed E-state index contributed by atoms with van der Waals surface area (Å²) in [6.45, 7) is 1.51. The molecule has 29 heavy (non-hydrogen) atoms. The Hall–Kier alpha value is -3.23. The summed E-state index contributed by atoms with van der Waals surface area (Å²) in [5, 5.41) is 3.71. The van der Waals surface area contributed by atoms with Crippen LogP contribution in [0.4, 0.5) is 17.6 Å². The van der Waals surface area contributed by atoms with E-state index in [4.69, 9.17) is 9.26 Å². The van der Waals surface area contributed by atoms with Gasteiger partial charge in [-0.2, -0.15) is 18.2 Å². The van der Waals surface area contributed by atoms with Crippen molar-refractivity contribution in [3.63, 3.8) is 0 Å². The van der Waals surface area contributed by atoms with Gasteiger partial charge in [-0.3, -0.25) is 4.79 Å². The lowest BCUT2D eigenvalue weighted by molar-refractivity contribution is -0.224. The summed E-state index contributed by atoms with van der Waals surface area (Å²) < 4.78 is 62.8. The summed E-state index contributed by atoms with van der Waals surface area (Å²) >= 11 is 0. The van der Waals surface area contributed by atoms with Crippen LogP contribution >= 0.6 is 0 Å². The molecule has 0 spiro atoms. The van der Waals surface area contributed by atoms with Crippen molar-refractivity contribution in [3.8, 4) is 11.4 Å². The van der Waals surface area contributed by atoms with Crippen molar-refractivity contribution in [2.75, 3.05) is 0 Å². The van der Waals surface area contributed by atoms with Crippen LogP contribution < -0.4 is 0 Å². The molecule has 0 fully saturated rings. The third-order valence-corrected chi connectivity index (χ3v) is 4.13. The maximum absolute atomic E-state index is 13.4. The van der Waals surface area contributed by atoms with Crippen LogP contribution in [0.5, 0.6) is 0 Å². The second kappa shape index (κ2) is 8.42. The smallest absolute Gasteiger partial charge is 0.429 e. The number of esters is 1. The minimum Gasteiger partial charge on any atom is -0.448 e. The number of benzene rings is 2. The Morgan fingerprint density at radius 1 is 1.14 bits per heavy atom. The van der Waals surface area contributed by atoms with E-state index in [2.05, 4.69) is 10.1 Å². The number of hydrogen-bond acceptors (Lipinski definition) is 5. The van der Waals surface area contributed by atoms with E-state index < -0.39 is 24.1 Å². The summed E-state index contributed by atoms with van der Waals surface area (Å²) in [6.07, 6.45) is -7.56. The van der Waals surface area contributed by atoms with Crippen molar-refractivity contribution >= 4 is 5.97 Å². The monoisotopic (exact) mass is 408 g/mol. The zero-order valence-corrected chi connectivity index (χ0v) is 15.2. The molecule has 0 saturated carbocycles. The highest BCUT2D eigenvalue weighted by atomic mass is 19.4. The summed E-state index contributed by atoms with van der Waals surface area (Å²) in [7, 11) is 0. The van der Waals surface area contributed by atoms with Crippen LogP contribution in [-0.2, 0) is 16.0 Å². The van der Waals surface area contributed by atoms with Crippen LogP contribution in [0.1, 0.15) is 29.5 Å². The first-order valence-corrected chi connectivity index (χ1v) is 8.64. The SMILES string of the molecule is Cc1ccccc1[C@H](OC(=O)CCc1nc(-c2ccc(F)cc2)no1)C(F)(F)F. The molecular formula is C20H16F4N2O3. The molecule has 0 amide bonds. The topological polar surface area (TPSA) is 65.2 Å². The molecule has 0 saturated heterocycles. The van der Waals surface area contributed by atoms with Gasteiger partial charge >= 0.3 is 12.1 Å². The second-order valence-electron chi connectivity index (χ2n) is 6.29. The molecule has 5 nitrogen and oxygen atoms in total. The van der Waals surface area contributed by atoms with Gasteiger partial charge in [0, 0.05) is 17.5 Å². The van der Waals surface area contributed by atoms with E-state index >= 15 is 0 Å². The van der Waals surface area contributed by atoms with Crippen molar-refractivity contribution in [3.05, 3.63) is 71.4 Å².